The summed E-state index contributed by atoms with van der Waals surface area (Å²) in [5.74, 6) is -0.575. The first-order valence-electron chi connectivity index (χ1n) is 6.15. The van der Waals surface area contributed by atoms with Crippen molar-refractivity contribution < 1.29 is 18.0 Å². The van der Waals surface area contributed by atoms with Crippen LogP contribution in [0.5, 0.6) is 0 Å². The molecular weight excluding hydrogens is 369 g/mol. The number of carbonyl (C=O) groups excluding carboxylic acids is 1. The predicted molar refractivity (Wildman–Crippen MR) is 80.8 cm³/mol. The normalized spacial score (nSPS) is 17.0. The summed E-state index contributed by atoms with van der Waals surface area (Å²) in [6, 6.07) is 3.56. The number of carbonyl (C=O) groups is 1. The van der Waals surface area contributed by atoms with Crippen LogP contribution in [-0.4, -0.2) is 10.9 Å². The van der Waals surface area contributed by atoms with Crippen molar-refractivity contribution in [1.29, 1.82) is 0 Å². The summed E-state index contributed by atoms with van der Waals surface area (Å²) in [4.78, 5) is 12.3. The maximum atomic E-state index is 13.0. The molecule has 1 amide bonds. The van der Waals surface area contributed by atoms with Gasteiger partial charge in [0, 0.05) is 4.47 Å². The molecule has 1 aliphatic carbocycles. The zero-order valence-electron chi connectivity index (χ0n) is 10.8. The summed E-state index contributed by atoms with van der Waals surface area (Å²) in [6.45, 7) is 0. The van der Waals surface area contributed by atoms with Crippen LogP contribution in [0.25, 0.3) is 0 Å². The molecule has 0 radical (unpaired) electrons. The second-order valence-corrected chi connectivity index (χ2v) is 6.30. The molecular formula is C13H12BrF3N2OS. The van der Waals surface area contributed by atoms with Crippen molar-refractivity contribution in [2.75, 3.05) is 5.32 Å². The minimum Gasteiger partial charge on any atom is -0.392 e. The number of alkyl halides is 3. The Hall–Kier alpha value is -1.15. The molecule has 0 aliphatic heterocycles. The fourth-order valence-corrected chi connectivity index (χ4v) is 2.88. The number of amides is 1. The van der Waals surface area contributed by atoms with E-state index in [0.717, 1.165) is 12.5 Å². The summed E-state index contributed by atoms with van der Waals surface area (Å²) in [5.41, 5.74) is 3.35. The number of hydrogen-bond acceptors (Lipinski definition) is 2. The summed E-state index contributed by atoms with van der Waals surface area (Å²) in [7, 11) is 0. The van der Waals surface area contributed by atoms with Crippen LogP contribution >= 0.6 is 28.1 Å². The van der Waals surface area contributed by atoms with E-state index < -0.39 is 23.1 Å². The van der Waals surface area contributed by atoms with Gasteiger partial charge in [0.1, 0.15) is 0 Å². The Balaban J connectivity index is 2.32. The summed E-state index contributed by atoms with van der Waals surface area (Å²) >= 11 is 7.88. The summed E-state index contributed by atoms with van der Waals surface area (Å²) < 4.78 is 39.3. The number of benzene rings is 1. The van der Waals surface area contributed by atoms with Crippen molar-refractivity contribution in [3.05, 3.63) is 28.2 Å². The topological polar surface area (TPSA) is 55.1 Å². The predicted octanol–water partition coefficient (Wildman–Crippen LogP) is 3.86. The maximum absolute atomic E-state index is 13.0. The molecule has 0 unspecified atom stereocenters. The lowest BCUT2D eigenvalue weighted by atomic mass is 9.68. The zero-order valence-corrected chi connectivity index (χ0v) is 13.2. The number of thiocarbonyl (C=S) groups is 1. The standard InChI is InChI=1S/C13H12BrF3N2OS/c14-7-2-3-9(8(6-7)13(15,16)17)19-11(20)12(10(18)21)4-1-5-12/h2-3,6H,1,4-5H2,(H2,18,21)(H,19,20). The Labute approximate surface area is 133 Å². The Morgan fingerprint density at radius 3 is 2.43 bits per heavy atom. The Morgan fingerprint density at radius 1 is 1.38 bits per heavy atom. The van der Waals surface area contributed by atoms with Crippen molar-refractivity contribution in [3.63, 3.8) is 0 Å². The monoisotopic (exact) mass is 380 g/mol. The molecule has 1 aromatic carbocycles. The van der Waals surface area contributed by atoms with Gasteiger partial charge in [0.2, 0.25) is 5.91 Å². The van der Waals surface area contributed by atoms with Crippen molar-refractivity contribution in [3.8, 4) is 0 Å². The van der Waals surface area contributed by atoms with Gasteiger partial charge in [-0.25, -0.2) is 0 Å². The van der Waals surface area contributed by atoms with Gasteiger partial charge in [-0.2, -0.15) is 13.2 Å². The molecule has 0 spiro atoms. The van der Waals surface area contributed by atoms with Gasteiger partial charge >= 0.3 is 6.18 Å². The van der Waals surface area contributed by atoms with Gasteiger partial charge in [0.05, 0.1) is 21.7 Å². The third kappa shape index (κ3) is 3.06. The van der Waals surface area contributed by atoms with Crippen molar-refractivity contribution in [2.45, 2.75) is 25.4 Å². The highest BCUT2D eigenvalue weighted by Gasteiger charge is 2.47. The van der Waals surface area contributed by atoms with Crippen LogP contribution < -0.4 is 11.1 Å². The third-order valence-electron chi connectivity index (χ3n) is 3.65. The Bertz CT molecular complexity index is 600. The highest BCUT2D eigenvalue weighted by Crippen LogP contribution is 2.43. The molecule has 0 heterocycles. The van der Waals surface area contributed by atoms with Crippen molar-refractivity contribution >= 4 is 44.7 Å². The minimum absolute atomic E-state index is 0.0249. The van der Waals surface area contributed by atoms with Crippen molar-refractivity contribution in [1.82, 2.24) is 0 Å². The molecule has 0 bridgehead atoms. The minimum atomic E-state index is -4.57. The molecule has 1 aliphatic rings. The largest absolute Gasteiger partial charge is 0.418 e. The van der Waals surface area contributed by atoms with Crippen LogP contribution in [0.4, 0.5) is 18.9 Å². The van der Waals surface area contributed by atoms with Gasteiger partial charge in [-0.05, 0) is 31.0 Å². The van der Waals surface area contributed by atoms with Crippen LogP contribution in [0.3, 0.4) is 0 Å². The van der Waals surface area contributed by atoms with Gasteiger partial charge in [0.15, 0.2) is 0 Å². The molecule has 8 heteroatoms. The van der Waals surface area contributed by atoms with Gasteiger partial charge in [0.25, 0.3) is 0 Å². The lowest BCUT2D eigenvalue weighted by Crippen LogP contribution is -2.50. The second-order valence-electron chi connectivity index (χ2n) is 4.94. The molecule has 1 aromatic rings. The highest BCUT2D eigenvalue weighted by molar-refractivity contribution is 9.10. The molecule has 3 nitrogen and oxygen atoms in total. The van der Waals surface area contributed by atoms with E-state index in [0.29, 0.717) is 12.8 Å². The first kappa shape index (κ1) is 16.2. The number of anilines is 1. The number of nitrogens with two attached hydrogens (primary N) is 1. The van der Waals surface area contributed by atoms with E-state index >= 15 is 0 Å². The number of nitrogens with one attached hydrogen (secondary N) is 1. The zero-order chi connectivity index (χ0) is 15.8. The van der Waals surface area contributed by atoms with Crippen LogP contribution in [0, 0.1) is 5.41 Å². The van der Waals surface area contributed by atoms with Gasteiger partial charge in [-0.3, -0.25) is 4.79 Å². The van der Waals surface area contributed by atoms with E-state index in [1.807, 2.05) is 0 Å². The number of rotatable bonds is 3. The van der Waals surface area contributed by atoms with E-state index in [1.165, 1.54) is 12.1 Å². The maximum Gasteiger partial charge on any atom is 0.418 e. The molecule has 0 saturated heterocycles. The van der Waals surface area contributed by atoms with Crippen LogP contribution in [-0.2, 0) is 11.0 Å². The van der Waals surface area contributed by atoms with Gasteiger partial charge < -0.3 is 11.1 Å². The molecule has 1 saturated carbocycles. The number of halogens is 4. The SMILES string of the molecule is NC(=S)C1(C(=O)Nc2ccc(Br)cc2C(F)(F)F)CCC1. The first-order valence-corrected chi connectivity index (χ1v) is 7.35. The first-order chi connectivity index (χ1) is 9.67. The van der Waals surface area contributed by atoms with E-state index in [-0.39, 0.29) is 15.1 Å². The molecule has 0 aromatic heterocycles. The molecule has 0 atom stereocenters. The smallest absolute Gasteiger partial charge is 0.392 e. The average Bonchev–Trinajstić information content (AvgIpc) is 2.28. The average molecular weight is 381 g/mol. The van der Waals surface area contributed by atoms with Gasteiger partial charge in [-0.1, -0.05) is 34.6 Å². The van der Waals surface area contributed by atoms with E-state index in [2.05, 4.69) is 21.2 Å². The van der Waals surface area contributed by atoms with Gasteiger partial charge in [-0.15, -0.1) is 0 Å². The molecule has 2 rings (SSSR count). The summed E-state index contributed by atoms with van der Waals surface area (Å²) in [5, 5.41) is 2.32. The quantitative estimate of drug-likeness (QED) is 0.782. The lowest BCUT2D eigenvalue weighted by molar-refractivity contribution is -0.137. The highest BCUT2D eigenvalue weighted by atomic mass is 79.9. The second kappa shape index (κ2) is 5.57. The molecule has 114 valence electrons. The summed E-state index contributed by atoms with van der Waals surface area (Å²) in [6.07, 6.45) is -2.86. The third-order valence-corrected chi connectivity index (χ3v) is 4.53. The van der Waals surface area contributed by atoms with E-state index in [4.69, 9.17) is 18.0 Å². The van der Waals surface area contributed by atoms with E-state index in [1.54, 1.807) is 0 Å². The Morgan fingerprint density at radius 2 is 2.00 bits per heavy atom. The molecule has 21 heavy (non-hydrogen) atoms. The molecule has 1 fully saturated rings. The fraction of sp³-hybridized carbons (Fsp3) is 0.385. The fourth-order valence-electron chi connectivity index (χ4n) is 2.22. The molecule has 3 N–H and O–H groups in total. The Kier molecular flexibility index (Phi) is 4.30. The van der Waals surface area contributed by atoms with E-state index in [9.17, 15) is 18.0 Å². The van der Waals surface area contributed by atoms with Crippen LogP contribution in [0.15, 0.2) is 22.7 Å². The lowest BCUT2D eigenvalue weighted by Gasteiger charge is -2.39. The van der Waals surface area contributed by atoms with Crippen molar-refractivity contribution in [2.24, 2.45) is 11.1 Å². The number of hydrogen-bond donors (Lipinski definition) is 2. The van der Waals surface area contributed by atoms with Crippen LogP contribution in [0.2, 0.25) is 0 Å². The van der Waals surface area contributed by atoms with Crippen LogP contribution in [0.1, 0.15) is 24.8 Å².